The number of amides is 1. The molecular formula is C21H23N3O3. The number of rotatable bonds is 5. The lowest BCUT2D eigenvalue weighted by atomic mass is 10.1. The summed E-state index contributed by atoms with van der Waals surface area (Å²) in [6, 6.07) is 11.9. The van der Waals surface area contributed by atoms with Gasteiger partial charge in [0.25, 0.3) is 0 Å². The van der Waals surface area contributed by atoms with Crippen LogP contribution in [0.3, 0.4) is 0 Å². The van der Waals surface area contributed by atoms with Crippen LogP contribution in [0.15, 0.2) is 40.9 Å². The van der Waals surface area contributed by atoms with E-state index in [1.165, 1.54) is 0 Å². The van der Waals surface area contributed by atoms with E-state index in [9.17, 15) is 4.79 Å². The lowest BCUT2D eigenvalue weighted by Gasteiger charge is -2.17. The molecule has 1 aromatic carbocycles. The minimum Gasteiger partial charge on any atom is -0.472 e. The lowest BCUT2D eigenvalue weighted by Crippen LogP contribution is -2.31. The second kappa shape index (κ2) is 7.39. The van der Waals surface area contributed by atoms with Crippen LogP contribution in [0.1, 0.15) is 29.9 Å². The van der Waals surface area contributed by atoms with Gasteiger partial charge in [-0.25, -0.2) is 4.98 Å². The number of aromatic nitrogens is 2. The highest BCUT2D eigenvalue weighted by molar-refractivity contribution is 5.79. The number of nitrogens with zero attached hydrogens (tertiary/aromatic N) is 3. The van der Waals surface area contributed by atoms with Crippen LogP contribution < -0.4 is 4.74 Å². The maximum Gasteiger partial charge on any atom is 0.223 e. The third-order valence-corrected chi connectivity index (χ3v) is 5.13. The van der Waals surface area contributed by atoms with Crippen LogP contribution >= 0.6 is 0 Å². The Morgan fingerprint density at radius 2 is 2.11 bits per heavy atom. The maximum absolute atomic E-state index is 12.5. The molecule has 27 heavy (non-hydrogen) atoms. The molecule has 1 atom stereocenters. The van der Waals surface area contributed by atoms with Gasteiger partial charge >= 0.3 is 0 Å². The van der Waals surface area contributed by atoms with E-state index in [0.29, 0.717) is 25.3 Å². The number of pyridine rings is 1. The first-order chi connectivity index (χ1) is 13.1. The first kappa shape index (κ1) is 17.5. The summed E-state index contributed by atoms with van der Waals surface area (Å²) in [5, 5.41) is 5.04. The average Bonchev–Trinajstić information content (AvgIpc) is 3.27. The average molecular weight is 365 g/mol. The fourth-order valence-corrected chi connectivity index (χ4v) is 3.58. The topological polar surface area (TPSA) is 68.5 Å². The van der Waals surface area contributed by atoms with Gasteiger partial charge in [-0.3, -0.25) is 4.79 Å². The number of hydrogen-bond acceptors (Lipinski definition) is 5. The molecule has 6 heteroatoms. The summed E-state index contributed by atoms with van der Waals surface area (Å²) in [6.07, 6.45) is 1.94. The van der Waals surface area contributed by atoms with Gasteiger partial charge in [0.2, 0.25) is 11.8 Å². The predicted octanol–water partition coefficient (Wildman–Crippen LogP) is 3.45. The van der Waals surface area contributed by atoms with Gasteiger partial charge in [-0.2, -0.15) is 0 Å². The van der Waals surface area contributed by atoms with Crippen LogP contribution in [0.5, 0.6) is 5.88 Å². The Morgan fingerprint density at radius 1 is 1.26 bits per heavy atom. The Kier molecular flexibility index (Phi) is 4.79. The standard InChI is InChI=1S/C21H23N3O3/c1-14-18(15(2)27-23-14)8-10-21(25)24-12-11-17(13-24)26-20-9-7-16-5-3-4-6-19(16)22-20/h3-7,9,17H,8,10-13H2,1-2H3. The van der Waals surface area contributed by atoms with Gasteiger partial charge in [-0.1, -0.05) is 23.4 Å². The number of likely N-dealkylation sites (tertiary alicyclic amines) is 1. The van der Waals surface area contributed by atoms with E-state index >= 15 is 0 Å². The van der Waals surface area contributed by atoms with E-state index in [0.717, 1.165) is 40.9 Å². The first-order valence-electron chi connectivity index (χ1n) is 9.32. The second-order valence-electron chi connectivity index (χ2n) is 7.01. The maximum atomic E-state index is 12.5. The molecule has 3 heterocycles. The zero-order valence-corrected chi connectivity index (χ0v) is 15.6. The van der Waals surface area contributed by atoms with Crippen molar-refractivity contribution < 1.29 is 14.1 Å². The van der Waals surface area contributed by atoms with Crippen molar-refractivity contribution in [3.63, 3.8) is 0 Å². The van der Waals surface area contributed by atoms with Crippen molar-refractivity contribution in [1.29, 1.82) is 0 Å². The molecule has 4 rings (SSSR count). The molecule has 1 saturated heterocycles. The Bertz CT molecular complexity index is 947. The minimum absolute atomic E-state index is 0.0123. The van der Waals surface area contributed by atoms with Crippen LogP contribution in [-0.2, 0) is 11.2 Å². The Hall–Kier alpha value is -2.89. The molecule has 3 aromatic rings. The number of para-hydroxylation sites is 1. The normalized spacial score (nSPS) is 16.8. The zero-order chi connectivity index (χ0) is 18.8. The molecule has 0 N–H and O–H groups in total. The van der Waals surface area contributed by atoms with Gasteiger partial charge in [0.1, 0.15) is 11.9 Å². The van der Waals surface area contributed by atoms with Gasteiger partial charge < -0.3 is 14.2 Å². The smallest absolute Gasteiger partial charge is 0.223 e. The van der Waals surface area contributed by atoms with E-state index in [4.69, 9.17) is 9.26 Å². The summed E-state index contributed by atoms with van der Waals surface area (Å²) in [4.78, 5) is 19.0. The summed E-state index contributed by atoms with van der Waals surface area (Å²) < 4.78 is 11.2. The van der Waals surface area contributed by atoms with E-state index < -0.39 is 0 Å². The number of ether oxygens (including phenoxy) is 1. The van der Waals surface area contributed by atoms with Crippen molar-refractivity contribution in [3.05, 3.63) is 53.4 Å². The third-order valence-electron chi connectivity index (χ3n) is 5.13. The molecule has 2 aromatic heterocycles. The van der Waals surface area contributed by atoms with Crippen molar-refractivity contribution in [3.8, 4) is 5.88 Å². The molecule has 1 amide bonds. The summed E-state index contributed by atoms with van der Waals surface area (Å²) in [7, 11) is 0. The van der Waals surface area contributed by atoms with Gasteiger partial charge in [0.15, 0.2) is 0 Å². The van der Waals surface area contributed by atoms with Crippen LogP contribution in [0.2, 0.25) is 0 Å². The van der Waals surface area contributed by atoms with Gasteiger partial charge in [-0.15, -0.1) is 0 Å². The quantitative estimate of drug-likeness (QED) is 0.693. The molecular weight excluding hydrogens is 342 g/mol. The van der Waals surface area contributed by atoms with Crippen molar-refractivity contribution in [1.82, 2.24) is 15.0 Å². The van der Waals surface area contributed by atoms with Crippen molar-refractivity contribution >= 4 is 16.8 Å². The van der Waals surface area contributed by atoms with Gasteiger partial charge in [0, 0.05) is 36.4 Å². The minimum atomic E-state index is -0.0123. The van der Waals surface area contributed by atoms with Crippen LogP contribution in [0, 0.1) is 13.8 Å². The number of hydrogen-bond donors (Lipinski definition) is 0. The van der Waals surface area contributed by atoms with Crippen LogP contribution in [0.4, 0.5) is 0 Å². The molecule has 6 nitrogen and oxygen atoms in total. The fraction of sp³-hybridized carbons (Fsp3) is 0.381. The molecule has 0 bridgehead atoms. The number of carbonyl (C=O) groups is 1. The van der Waals surface area contributed by atoms with Gasteiger partial charge in [0.05, 0.1) is 17.8 Å². The summed E-state index contributed by atoms with van der Waals surface area (Å²) in [6.45, 7) is 5.12. The van der Waals surface area contributed by atoms with Crippen LogP contribution in [0.25, 0.3) is 10.9 Å². The Labute approximate surface area is 158 Å². The summed E-state index contributed by atoms with van der Waals surface area (Å²) in [5.41, 5.74) is 2.82. The highest BCUT2D eigenvalue weighted by atomic mass is 16.5. The molecule has 0 radical (unpaired) electrons. The highest BCUT2D eigenvalue weighted by Gasteiger charge is 2.28. The van der Waals surface area contributed by atoms with Gasteiger partial charge in [-0.05, 0) is 32.4 Å². The molecule has 1 unspecified atom stereocenters. The molecule has 0 aliphatic carbocycles. The molecule has 0 spiro atoms. The number of aryl methyl sites for hydroxylation is 2. The Morgan fingerprint density at radius 3 is 2.93 bits per heavy atom. The van der Waals surface area contributed by atoms with Crippen molar-refractivity contribution in [2.75, 3.05) is 13.1 Å². The monoisotopic (exact) mass is 365 g/mol. The van der Waals surface area contributed by atoms with Crippen molar-refractivity contribution in [2.24, 2.45) is 0 Å². The third kappa shape index (κ3) is 3.79. The SMILES string of the molecule is Cc1noc(C)c1CCC(=O)N1CCC(Oc2ccc3ccccc3n2)C1. The number of carbonyl (C=O) groups excluding carboxylic acids is 1. The zero-order valence-electron chi connectivity index (χ0n) is 15.6. The van der Waals surface area contributed by atoms with E-state index in [1.807, 2.05) is 55.1 Å². The van der Waals surface area contributed by atoms with E-state index in [2.05, 4.69) is 10.1 Å². The largest absolute Gasteiger partial charge is 0.472 e. The number of fused-ring (bicyclic) bond motifs is 1. The number of benzene rings is 1. The molecule has 140 valence electrons. The summed E-state index contributed by atoms with van der Waals surface area (Å²) in [5.74, 6) is 1.56. The molecule has 1 aliphatic rings. The second-order valence-corrected chi connectivity index (χ2v) is 7.01. The first-order valence-corrected chi connectivity index (χ1v) is 9.32. The van der Waals surface area contributed by atoms with E-state index in [-0.39, 0.29) is 12.0 Å². The van der Waals surface area contributed by atoms with Crippen molar-refractivity contribution in [2.45, 2.75) is 39.2 Å². The Balaban J connectivity index is 1.33. The lowest BCUT2D eigenvalue weighted by molar-refractivity contribution is -0.130. The molecule has 1 aliphatic heterocycles. The molecule has 1 fully saturated rings. The van der Waals surface area contributed by atoms with Crippen LogP contribution in [-0.4, -0.2) is 40.1 Å². The fourth-order valence-electron chi connectivity index (χ4n) is 3.58. The van der Waals surface area contributed by atoms with E-state index in [1.54, 1.807) is 0 Å². The summed E-state index contributed by atoms with van der Waals surface area (Å²) >= 11 is 0. The highest BCUT2D eigenvalue weighted by Crippen LogP contribution is 2.21. The predicted molar refractivity (Wildman–Crippen MR) is 102 cm³/mol. The molecule has 0 saturated carbocycles.